The molecule has 0 bridgehead atoms. The zero-order valence-electron chi connectivity index (χ0n) is 16.7. The fourth-order valence-electron chi connectivity index (χ4n) is 3.92. The van der Waals surface area contributed by atoms with E-state index in [2.05, 4.69) is 12.0 Å². The van der Waals surface area contributed by atoms with Crippen LogP contribution >= 0.6 is 0 Å². The van der Waals surface area contributed by atoms with E-state index in [0.29, 0.717) is 17.5 Å². The van der Waals surface area contributed by atoms with Crippen molar-refractivity contribution in [3.05, 3.63) is 83.9 Å². The van der Waals surface area contributed by atoms with Gasteiger partial charge in [-0.1, -0.05) is 74.4 Å². The molecule has 1 aliphatic heterocycles. The van der Waals surface area contributed by atoms with Crippen molar-refractivity contribution >= 4 is 22.4 Å². The monoisotopic (exact) mass is 386 g/mol. The lowest BCUT2D eigenvalue weighted by Gasteiger charge is -2.31. The van der Waals surface area contributed by atoms with Crippen molar-refractivity contribution in [1.29, 1.82) is 0 Å². The number of benzene rings is 3. The third kappa shape index (κ3) is 3.81. The number of fused-ring (bicyclic) bond motifs is 1. The average molecular weight is 386 g/mol. The highest BCUT2D eigenvalue weighted by Crippen LogP contribution is 2.38. The molecule has 0 fully saturated rings. The van der Waals surface area contributed by atoms with E-state index in [1.807, 2.05) is 60.7 Å². The molecule has 0 radical (unpaired) electrons. The van der Waals surface area contributed by atoms with Gasteiger partial charge in [-0.25, -0.2) is 0 Å². The minimum Gasteiger partial charge on any atom is -0.365 e. The molecule has 0 spiro atoms. The molecular weight excluding hydrogens is 360 g/mol. The number of unbranched alkanes of at least 4 members (excludes halogenated alkanes) is 2. The summed E-state index contributed by atoms with van der Waals surface area (Å²) in [6, 6.07) is 22.9. The molecule has 0 aromatic heterocycles. The van der Waals surface area contributed by atoms with Crippen LogP contribution in [0, 0.1) is 0 Å². The standard InChI is InChI=1S/C25H26N2O2/c1-2-3-5-14-23-18-25(29,22-16-15-19-10-8-9-13-21(19)17-22)27(26-23)24(28)20-11-6-4-7-12-20/h4,6-13,15-17,29H,2-3,5,14,18H2,1H3. The van der Waals surface area contributed by atoms with Crippen LogP contribution < -0.4 is 0 Å². The van der Waals surface area contributed by atoms with Crippen LogP contribution in [0.1, 0.15) is 54.9 Å². The van der Waals surface area contributed by atoms with Crippen molar-refractivity contribution in [2.24, 2.45) is 5.10 Å². The molecule has 148 valence electrons. The number of rotatable bonds is 6. The lowest BCUT2D eigenvalue weighted by atomic mass is 9.93. The second kappa shape index (κ2) is 8.18. The van der Waals surface area contributed by atoms with E-state index < -0.39 is 5.72 Å². The second-order valence-electron chi connectivity index (χ2n) is 7.66. The molecule has 1 amide bonds. The number of hydrogen-bond acceptors (Lipinski definition) is 3. The van der Waals surface area contributed by atoms with Gasteiger partial charge >= 0.3 is 0 Å². The quantitative estimate of drug-likeness (QED) is 0.571. The first-order valence-corrected chi connectivity index (χ1v) is 10.3. The molecule has 1 unspecified atom stereocenters. The van der Waals surface area contributed by atoms with Gasteiger partial charge in [0.1, 0.15) is 0 Å². The van der Waals surface area contributed by atoms with Gasteiger partial charge in [-0.15, -0.1) is 0 Å². The van der Waals surface area contributed by atoms with E-state index in [9.17, 15) is 9.90 Å². The number of aliphatic hydroxyl groups is 1. The minimum absolute atomic E-state index is 0.285. The summed E-state index contributed by atoms with van der Waals surface area (Å²) in [5.74, 6) is -0.285. The summed E-state index contributed by atoms with van der Waals surface area (Å²) >= 11 is 0. The van der Waals surface area contributed by atoms with Crippen LogP contribution in [0.5, 0.6) is 0 Å². The Bertz CT molecular complexity index is 1040. The minimum atomic E-state index is -1.47. The van der Waals surface area contributed by atoms with Crippen LogP contribution in [0.2, 0.25) is 0 Å². The molecule has 4 rings (SSSR count). The largest absolute Gasteiger partial charge is 0.365 e. The maximum atomic E-state index is 13.2. The summed E-state index contributed by atoms with van der Waals surface area (Å²) in [7, 11) is 0. The molecule has 1 heterocycles. The Morgan fingerprint density at radius 1 is 1.00 bits per heavy atom. The van der Waals surface area contributed by atoms with Crippen molar-refractivity contribution in [3.63, 3.8) is 0 Å². The summed E-state index contributed by atoms with van der Waals surface area (Å²) in [6.07, 6.45) is 4.38. The third-order valence-electron chi connectivity index (χ3n) is 5.54. The van der Waals surface area contributed by atoms with Gasteiger partial charge in [0, 0.05) is 23.3 Å². The predicted octanol–water partition coefficient (Wildman–Crippen LogP) is 5.47. The Morgan fingerprint density at radius 2 is 1.72 bits per heavy atom. The van der Waals surface area contributed by atoms with Crippen molar-refractivity contribution in [3.8, 4) is 0 Å². The van der Waals surface area contributed by atoms with Gasteiger partial charge in [0.15, 0.2) is 5.72 Å². The van der Waals surface area contributed by atoms with Crippen molar-refractivity contribution < 1.29 is 9.90 Å². The van der Waals surface area contributed by atoms with Gasteiger partial charge < -0.3 is 5.11 Å². The fourth-order valence-corrected chi connectivity index (χ4v) is 3.92. The van der Waals surface area contributed by atoms with Crippen LogP contribution in [-0.2, 0) is 5.72 Å². The Morgan fingerprint density at radius 3 is 2.48 bits per heavy atom. The number of nitrogens with zero attached hydrogens (tertiary/aromatic N) is 2. The molecule has 0 saturated heterocycles. The molecule has 3 aromatic rings. The molecule has 1 N–H and O–H groups in total. The zero-order valence-corrected chi connectivity index (χ0v) is 16.7. The third-order valence-corrected chi connectivity index (χ3v) is 5.54. The lowest BCUT2D eigenvalue weighted by Crippen LogP contribution is -2.43. The van der Waals surface area contributed by atoms with E-state index in [4.69, 9.17) is 0 Å². The van der Waals surface area contributed by atoms with E-state index in [1.54, 1.807) is 12.1 Å². The second-order valence-corrected chi connectivity index (χ2v) is 7.66. The number of carbonyl (C=O) groups is 1. The number of amides is 1. The van der Waals surface area contributed by atoms with E-state index in [-0.39, 0.29) is 5.91 Å². The van der Waals surface area contributed by atoms with E-state index >= 15 is 0 Å². The average Bonchev–Trinajstić information content (AvgIpc) is 3.11. The molecule has 3 aromatic carbocycles. The van der Waals surface area contributed by atoms with E-state index in [1.165, 1.54) is 5.01 Å². The Hall–Kier alpha value is -2.98. The SMILES string of the molecule is CCCCCC1=NN(C(=O)c2ccccc2)C(O)(c2ccc3ccccc3c2)C1. The van der Waals surface area contributed by atoms with Crippen molar-refractivity contribution in [1.82, 2.24) is 5.01 Å². The van der Waals surface area contributed by atoms with Crippen LogP contribution in [-0.4, -0.2) is 21.7 Å². The Kier molecular flexibility index (Phi) is 5.45. The molecule has 4 nitrogen and oxygen atoms in total. The summed E-state index contributed by atoms with van der Waals surface area (Å²) in [4.78, 5) is 13.2. The maximum Gasteiger partial charge on any atom is 0.276 e. The first-order chi connectivity index (χ1) is 14.1. The highest BCUT2D eigenvalue weighted by Gasteiger charge is 2.46. The van der Waals surface area contributed by atoms with Gasteiger partial charge in [-0.2, -0.15) is 10.1 Å². The topological polar surface area (TPSA) is 52.9 Å². The molecule has 29 heavy (non-hydrogen) atoms. The maximum absolute atomic E-state index is 13.2. The molecule has 1 aliphatic rings. The first-order valence-electron chi connectivity index (χ1n) is 10.3. The van der Waals surface area contributed by atoms with Gasteiger partial charge in [0.25, 0.3) is 5.91 Å². The Labute approximate surface area is 171 Å². The summed E-state index contributed by atoms with van der Waals surface area (Å²) in [6.45, 7) is 2.16. The van der Waals surface area contributed by atoms with Crippen molar-refractivity contribution in [2.75, 3.05) is 0 Å². The van der Waals surface area contributed by atoms with Gasteiger partial charge in [-0.3, -0.25) is 4.79 Å². The van der Waals surface area contributed by atoms with Gasteiger partial charge in [0.2, 0.25) is 0 Å². The fraction of sp³-hybridized carbons (Fsp3) is 0.280. The smallest absolute Gasteiger partial charge is 0.276 e. The highest BCUT2D eigenvalue weighted by molar-refractivity contribution is 5.98. The molecule has 0 saturated carbocycles. The van der Waals surface area contributed by atoms with Crippen LogP contribution in [0.15, 0.2) is 77.9 Å². The van der Waals surface area contributed by atoms with Crippen LogP contribution in [0.3, 0.4) is 0 Å². The van der Waals surface area contributed by atoms with Gasteiger partial charge in [-0.05, 0) is 41.8 Å². The summed E-state index contributed by atoms with van der Waals surface area (Å²) < 4.78 is 0. The van der Waals surface area contributed by atoms with Gasteiger partial charge in [0.05, 0.1) is 0 Å². The highest BCUT2D eigenvalue weighted by atomic mass is 16.3. The van der Waals surface area contributed by atoms with E-state index in [0.717, 1.165) is 42.2 Å². The molecule has 1 atom stereocenters. The first kappa shape index (κ1) is 19.3. The normalized spacial score (nSPS) is 18.8. The zero-order chi connectivity index (χ0) is 20.3. The van der Waals surface area contributed by atoms with Crippen LogP contribution in [0.4, 0.5) is 0 Å². The number of hydrogen-bond donors (Lipinski definition) is 1. The van der Waals surface area contributed by atoms with Crippen molar-refractivity contribution in [2.45, 2.75) is 44.8 Å². The number of carbonyl (C=O) groups excluding carboxylic acids is 1. The summed E-state index contributed by atoms with van der Waals surface area (Å²) in [5.41, 5.74) is 0.608. The summed E-state index contributed by atoms with van der Waals surface area (Å²) in [5, 5.41) is 19.7. The predicted molar refractivity (Wildman–Crippen MR) is 117 cm³/mol. The van der Waals surface area contributed by atoms with Crippen LogP contribution in [0.25, 0.3) is 10.8 Å². The Balaban J connectivity index is 1.72. The molecule has 4 heteroatoms. The molecular formula is C25H26N2O2. The lowest BCUT2D eigenvalue weighted by molar-refractivity contribution is -0.0764. The number of hydrazone groups is 1. The molecule has 0 aliphatic carbocycles.